The van der Waals surface area contributed by atoms with Gasteiger partial charge < -0.3 is 14.7 Å². The highest BCUT2D eigenvalue weighted by Gasteiger charge is 2.37. The summed E-state index contributed by atoms with van der Waals surface area (Å²) >= 11 is 0. The molecule has 2 unspecified atom stereocenters. The van der Waals surface area contributed by atoms with Crippen molar-refractivity contribution in [3.63, 3.8) is 0 Å². The van der Waals surface area contributed by atoms with Crippen molar-refractivity contribution in [2.45, 2.75) is 23.6 Å². The lowest BCUT2D eigenvalue weighted by Crippen LogP contribution is -2.52. The molecule has 2 aromatic carbocycles. The second-order valence-electron chi connectivity index (χ2n) is 7.54. The molecule has 2 heterocycles. The molecule has 10 heteroatoms. The van der Waals surface area contributed by atoms with E-state index < -0.39 is 28.0 Å². The maximum Gasteiger partial charge on any atom is 0.261 e. The first-order chi connectivity index (χ1) is 15.9. The minimum absolute atomic E-state index is 0.139. The number of hydrogen-bond acceptors (Lipinski definition) is 6. The zero-order valence-corrected chi connectivity index (χ0v) is 18.3. The molecule has 0 spiro atoms. The molecule has 172 valence electrons. The van der Waals surface area contributed by atoms with Crippen molar-refractivity contribution in [3.05, 3.63) is 90.0 Å². The molecule has 2 atom stereocenters. The topological polar surface area (TPSA) is 109 Å². The van der Waals surface area contributed by atoms with Gasteiger partial charge in [-0.25, -0.2) is 12.8 Å². The Kier molecular flexibility index (Phi) is 6.68. The molecule has 3 aromatic rings. The monoisotopic (exact) mass is 471 g/mol. The molecule has 1 amide bonds. The number of pyridine rings is 1. The number of ether oxygens (including phenoxy) is 1. The van der Waals surface area contributed by atoms with E-state index in [2.05, 4.69) is 9.71 Å². The molecule has 33 heavy (non-hydrogen) atoms. The van der Waals surface area contributed by atoms with Crippen molar-refractivity contribution in [2.75, 3.05) is 17.9 Å². The van der Waals surface area contributed by atoms with Crippen molar-refractivity contribution < 1.29 is 27.4 Å². The lowest BCUT2D eigenvalue weighted by molar-refractivity contribution is -0.162. The number of amides is 1. The number of nitrogens with one attached hydrogen (secondary N) is 1. The van der Waals surface area contributed by atoms with Crippen molar-refractivity contribution in [3.8, 4) is 0 Å². The Morgan fingerprint density at radius 1 is 1.12 bits per heavy atom. The average Bonchev–Trinajstić information content (AvgIpc) is 2.81. The summed E-state index contributed by atoms with van der Waals surface area (Å²) < 4.78 is 46.6. The number of aliphatic hydroxyl groups is 1. The maximum atomic E-state index is 13.4. The minimum Gasteiger partial charge on any atom is -0.394 e. The number of rotatable bonds is 7. The van der Waals surface area contributed by atoms with E-state index in [4.69, 9.17) is 4.74 Å². The predicted molar refractivity (Wildman–Crippen MR) is 118 cm³/mol. The number of sulfonamides is 1. The third-order valence-electron chi connectivity index (χ3n) is 5.34. The molecular formula is C23H22FN3O5S. The van der Waals surface area contributed by atoms with Crippen molar-refractivity contribution in [1.29, 1.82) is 0 Å². The summed E-state index contributed by atoms with van der Waals surface area (Å²) in [5.41, 5.74) is 1.83. The second kappa shape index (κ2) is 9.65. The van der Waals surface area contributed by atoms with Gasteiger partial charge in [-0.15, -0.1) is 0 Å². The van der Waals surface area contributed by atoms with Crippen LogP contribution in [0.2, 0.25) is 0 Å². The lowest BCUT2D eigenvalue weighted by atomic mass is 9.98. The molecule has 0 saturated carbocycles. The van der Waals surface area contributed by atoms with Gasteiger partial charge >= 0.3 is 0 Å². The van der Waals surface area contributed by atoms with Crippen LogP contribution in [0.4, 0.5) is 10.1 Å². The molecule has 1 aliphatic heterocycles. The molecular weight excluding hydrogens is 449 g/mol. The minimum atomic E-state index is -3.96. The molecule has 0 radical (unpaired) electrons. The van der Waals surface area contributed by atoms with Gasteiger partial charge in [-0.2, -0.15) is 0 Å². The van der Waals surface area contributed by atoms with Gasteiger partial charge in [0.2, 0.25) is 5.91 Å². The highest BCUT2D eigenvalue weighted by molar-refractivity contribution is 7.92. The number of carbonyl (C=O) groups excluding carboxylic acids is 1. The quantitative estimate of drug-likeness (QED) is 0.548. The lowest BCUT2D eigenvalue weighted by Gasteiger charge is -2.40. The first-order valence-electron chi connectivity index (χ1n) is 10.2. The van der Waals surface area contributed by atoms with Gasteiger partial charge in [-0.3, -0.25) is 14.5 Å². The highest BCUT2D eigenvalue weighted by Crippen LogP contribution is 2.31. The molecule has 1 aliphatic rings. The first-order valence-corrected chi connectivity index (χ1v) is 11.6. The predicted octanol–water partition coefficient (Wildman–Crippen LogP) is 2.48. The number of anilines is 1. The van der Waals surface area contributed by atoms with Crippen molar-refractivity contribution in [2.24, 2.45) is 0 Å². The first kappa shape index (κ1) is 22.8. The van der Waals surface area contributed by atoms with Crippen LogP contribution in [0.15, 0.2) is 78.0 Å². The van der Waals surface area contributed by atoms with E-state index in [1.165, 1.54) is 12.1 Å². The molecule has 0 bridgehead atoms. The van der Waals surface area contributed by atoms with Crippen LogP contribution in [0, 0.1) is 5.82 Å². The van der Waals surface area contributed by atoms with E-state index in [0.29, 0.717) is 12.1 Å². The molecule has 1 aromatic heterocycles. The number of halogens is 1. The Hall–Kier alpha value is -3.34. The molecule has 1 fully saturated rings. The third kappa shape index (κ3) is 5.19. The zero-order valence-electron chi connectivity index (χ0n) is 17.5. The summed E-state index contributed by atoms with van der Waals surface area (Å²) in [6.07, 6.45) is 2.67. The van der Waals surface area contributed by atoms with Crippen LogP contribution in [0.3, 0.4) is 0 Å². The van der Waals surface area contributed by atoms with Gasteiger partial charge in [-0.05, 0) is 53.6 Å². The van der Waals surface area contributed by atoms with Crippen LogP contribution < -0.4 is 4.72 Å². The smallest absolute Gasteiger partial charge is 0.261 e. The summed E-state index contributed by atoms with van der Waals surface area (Å²) in [7, 11) is -3.96. The average molecular weight is 472 g/mol. The number of hydrogen-bond donors (Lipinski definition) is 2. The Balaban J connectivity index is 1.52. The Morgan fingerprint density at radius 3 is 2.52 bits per heavy atom. The molecule has 1 saturated heterocycles. The van der Waals surface area contributed by atoms with Gasteiger partial charge in [0, 0.05) is 24.6 Å². The number of carbonyl (C=O) groups is 1. The van der Waals surface area contributed by atoms with E-state index in [0.717, 1.165) is 17.7 Å². The van der Waals surface area contributed by atoms with E-state index in [9.17, 15) is 22.7 Å². The fourth-order valence-electron chi connectivity index (χ4n) is 3.70. The van der Waals surface area contributed by atoms with E-state index in [1.807, 2.05) is 0 Å². The summed E-state index contributed by atoms with van der Waals surface area (Å²) in [6.45, 7) is -0.145. The number of benzene rings is 2. The van der Waals surface area contributed by atoms with Gasteiger partial charge in [0.05, 0.1) is 17.5 Å². The van der Waals surface area contributed by atoms with Gasteiger partial charge in [-0.1, -0.05) is 18.2 Å². The maximum absolute atomic E-state index is 13.4. The molecule has 0 aliphatic carbocycles. The highest BCUT2D eigenvalue weighted by atomic mass is 32.2. The standard InChI is InChI=1S/C23H22FN3O5S/c24-18-2-1-3-20(12-18)33(30,31)26-19-6-4-17(5-7-19)23-21(14-28)27(22(29)15-32-23)13-16-8-10-25-11-9-16/h1-12,21,23,26,28H,13-15H2. The van der Waals surface area contributed by atoms with Gasteiger partial charge in [0.1, 0.15) is 18.5 Å². The van der Waals surface area contributed by atoms with Crippen LogP contribution in [0.1, 0.15) is 17.2 Å². The second-order valence-corrected chi connectivity index (χ2v) is 9.23. The Bertz CT molecular complexity index is 1220. The van der Waals surface area contributed by atoms with Gasteiger partial charge in [0.15, 0.2) is 0 Å². The summed E-state index contributed by atoms with van der Waals surface area (Å²) in [5, 5.41) is 10.0. The SMILES string of the molecule is O=C1COC(c2ccc(NS(=O)(=O)c3cccc(F)c3)cc2)C(CO)N1Cc1ccncc1. The largest absolute Gasteiger partial charge is 0.394 e. The summed E-state index contributed by atoms with van der Waals surface area (Å²) in [4.78, 5) is 17.8. The van der Waals surface area contributed by atoms with Crippen molar-refractivity contribution >= 4 is 21.6 Å². The zero-order chi connectivity index (χ0) is 23.4. The van der Waals surface area contributed by atoms with Crippen molar-refractivity contribution in [1.82, 2.24) is 9.88 Å². The summed E-state index contributed by atoms with van der Waals surface area (Å²) in [6, 6.07) is 14.1. The third-order valence-corrected chi connectivity index (χ3v) is 6.72. The summed E-state index contributed by atoms with van der Waals surface area (Å²) in [5.74, 6) is -0.884. The number of aliphatic hydroxyl groups excluding tert-OH is 1. The Labute approximate surface area is 190 Å². The van der Waals surface area contributed by atoms with Crippen LogP contribution in [-0.2, 0) is 26.1 Å². The van der Waals surface area contributed by atoms with Crippen LogP contribution in [-0.4, -0.2) is 48.6 Å². The number of nitrogens with zero attached hydrogens (tertiary/aromatic N) is 2. The fraction of sp³-hybridized carbons (Fsp3) is 0.217. The fourth-order valence-corrected chi connectivity index (χ4v) is 4.79. The van der Waals surface area contributed by atoms with E-state index in [1.54, 1.807) is 53.7 Å². The van der Waals surface area contributed by atoms with Crippen LogP contribution >= 0.6 is 0 Å². The van der Waals surface area contributed by atoms with E-state index in [-0.39, 0.29) is 29.7 Å². The normalized spacial score (nSPS) is 18.8. The van der Waals surface area contributed by atoms with Crippen LogP contribution in [0.5, 0.6) is 0 Å². The van der Waals surface area contributed by atoms with Crippen LogP contribution in [0.25, 0.3) is 0 Å². The Morgan fingerprint density at radius 2 is 1.85 bits per heavy atom. The molecule has 8 nitrogen and oxygen atoms in total. The van der Waals surface area contributed by atoms with Gasteiger partial charge in [0.25, 0.3) is 10.0 Å². The number of morpholine rings is 1. The molecule has 4 rings (SSSR count). The number of aromatic nitrogens is 1. The molecule has 2 N–H and O–H groups in total. The van der Waals surface area contributed by atoms with E-state index >= 15 is 0 Å².